The second kappa shape index (κ2) is 6.41. The first kappa shape index (κ1) is 13.6. The summed E-state index contributed by atoms with van der Waals surface area (Å²) in [5, 5.41) is 0.984. The SMILES string of the molecule is CCCSc1nsnc1OC1CC2CCCN(C2)C1. The first-order chi connectivity index (χ1) is 9.35. The van der Waals surface area contributed by atoms with Gasteiger partial charge in [-0.25, -0.2) is 0 Å². The molecule has 106 valence electrons. The summed E-state index contributed by atoms with van der Waals surface area (Å²) >= 11 is 3.03. The van der Waals surface area contributed by atoms with Gasteiger partial charge < -0.3 is 4.74 Å². The number of thioether (sulfide) groups is 1. The van der Waals surface area contributed by atoms with Gasteiger partial charge in [0.2, 0.25) is 0 Å². The maximum Gasteiger partial charge on any atom is 0.260 e. The molecular formula is C13H21N3OS2. The van der Waals surface area contributed by atoms with Crippen molar-refractivity contribution < 1.29 is 4.74 Å². The van der Waals surface area contributed by atoms with Gasteiger partial charge in [-0.3, -0.25) is 4.90 Å². The molecule has 0 amide bonds. The second-order valence-electron chi connectivity index (χ2n) is 5.47. The van der Waals surface area contributed by atoms with Gasteiger partial charge in [-0.1, -0.05) is 18.7 Å². The average molecular weight is 299 g/mol. The molecule has 0 N–H and O–H groups in total. The Morgan fingerprint density at radius 3 is 3.21 bits per heavy atom. The quantitative estimate of drug-likeness (QED) is 0.782. The molecule has 3 atom stereocenters. The Labute approximate surface area is 123 Å². The van der Waals surface area contributed by atoms with E-state index in [4.69, 9.17) is 4.74 Å². The fraction of sp³-hybridized carbons (Fsp3) is 0.846. The molecule has 2 bridgehead atoms. The van der Waals surface area contributed by atoms with Crippen LogP contribution in [0.25, 0.3) is 0 Å². The monoisotopic (exact) mass is 299 g/mol. The van der Waals surface area contributed by atoms with Gasteiger partial charge in [0.15, 0.2) is 5.03 Å². The van der Waals surface area contributed by atoms with Gasteiger partial charge in [-0.15, -0.1) is 4.37 Å². The van der Waals surface area contributed by atoms with Crippen LogP contribution < -0.4 is 4.74 Å². The molecule has 2 fully saturated rings. The molecular weight excluding hydrogens is 278 g/mol. The molecule has 0 saturated carbocycles. The molecule has 0 spiro atoms. The number of rotatable bonds is 5. The fourth-order valence-electron chi connectivity index (χ4n) is 3.02. The molecule has 2 aliphatic rings. The molecule has 0 aromatic carbocycles. The molecule has 4 nitrogen and oxygen atoms in total. The van der Waals surface area contributed by atoms with Crippen LogP contribution in [0.2, 0.25) is 0 Å². The van der Waals surface area contributed by atoms with E-state index in [1.165, 1.54) is 44.1 Å². The standard InChI is InChI=1S/C13H21N3OS2/c1-2-6-18-13-12(14-19-15-13)17-11-7-10-4-3-5-16(8-10)9-11/h10-11H,2-9H2,1H3. The summed E-state index contributed by atoms with van der Waals surface area (Å²) in [5.74, 6) is 2.68. The Balaban J connectivity index is 1.60. The third-order valence-corrected chi connectivity index (χ3v) is 5.59. The van der Waals surface area contributed by atoms with Crippen LogP contribution in [0.5, 0.6) is 5.88 Å². The Morgan fingerprint density at radius 1 is 1.42 bits per heavy atom. The van der Waals surface area contributed by atoms with Crippen molar-refractivity contribution >= 4 is 23.5 Å². The van der Waals surface area contributed by atoms with Crippen molar-refractivity contribution in [3.8, 4) is 5.88 Å². The Hall–Kier alpha value is -0.330. The summed E-state index contributed by atoms with van der Waals surface area (Å²) < 4.78 is 14.8. The normalized spacial score (nSPS) is 30.3. The van der Waals surface area contributed by atoms with E-state index in [2.05, 4.69) is 20.6 Å². The van der Waals surface area contributed by atoms with Crippen molar-refractivity contribution in [2.45, 2.75) is 43.7 Å². The minimum absolute atomic E-state index is 0.309. The van der Waals surface area contributed by atoms with Gasteiger partial charge in [0.25, 0.3) is 5.88 Å². The highest BCUT2D eigenvalue weighted by atomic mass is 32.2. The van der Waals surface area contributed by atoms with Crippen LogP contribution in [-0.2, 0) is 0 Å². The zero-order valence-electron chi connectivity index (χ0n) is 11.4. The van der Waals surface area contributed by atoms with Crippen molar-refractivity contribution in [3.63, 3.8) is 0 Å². The molecule has 3 rings (SSSR count). The average Bonchev–Trinajstić information content (AvgIpc) is 2.83. The first-order valence-electron chi connectivity index (χ1n) is 7.19. The molecule has 1 aromatic rings. The van der Waals surface area contributed by atoms with Gasteiger partial charge in [0.05, 0.1) is 11.7 Å². The molecule has 0 radical (unpaired) electrons. The molecule has 0 aliphatic carbocycles. The minimum Gasteiger partial charge on any atom is -0.470 e. The number of piperidine rings is 2. The van der Waals surface area contributed by atoms with E-state index in [-0.39, 0.29) is 0 Å². The Morgan fingerprint density at radius 2 is 2.37 bits per heavy atom. The minimum atomic E-state index is 0.309. The number of nitrogens with zero attached hydrogens (tertiary/aromatic N) is 3. The van der Waals surface area contributed by atoms with Gasteiger partial charge in [0.1, 0.15) is 6.10 Å². The van der Waals surface area contributed by atoms with Crippen LogP contribution in [0.15, 0.2) is 5.03 Å². The van der Waals surface area contributed by atoms with Crippen LogP contribution in [0, 0.1) is 5.92 Å². The zero-order valence-corrected chi connectivity index (χ0v) is 13.0. The van der Waals surface area contributed by atoms with E-state index in [1.807, 2.05) is 0 Å². The summed E-state index contributed by atoms with van der Waals surface area (Å²) in [5.41, 5.74) is 0. The van der Waals surface area contributed by atoms with Crippen LogP contribution in [0.3, 0.4) is 0 Å². The summed E-state index contributed by atoms with van der Waals surface area (Å²) in [7, 11) is 0. The lowest BCUT2D eigenvalue weighted by atomic mass is 9.88. The highest BCUT2D eigenvalue weighted by molar-refractivity contribution is 7.99. The van der Waals surface area contributed by atoms with Crippen LogP contribution in [-0.4, -0.2) is 45.1 Å². The lowest BCUT2D eigenvalue weighted by molar-refractivity contribution is 0.0264. The van der Waals surface area contributed by atoms with E-state index in [0.717, 1.165) is 35.5 Å². The zero-order chi connectivity index (χ0) is 13.1. The van der Waals surface area contributed by atoms with Crippen LogP contribution in [0.1, 0.15) is 32.6 Å². The lowest BCUT2D eigenvalue weighted by Gasteiger charge is -2.41. The first-order valence-corrected chi connectivity index (χ1v) is 8.91. The molecule has 1 aromatic heterocycles. The third-order valence-electron chi connectivity index (χ3n) is 3.81. The topological polar surface area (TPSA) is 38.3 Å². The number of hydrogen-bond donors (Lipinski definition) is 0. The molecule has 6 heteroatoms. The molecule has 3 unspecified atom stereocenters. The number of aromatic nitrogens is 2. The van der Waals surface area contributed by atoms with Gasteiger partial charge in [-0.2, -0.15) is 4.37 Å². The predicted octanol–water partition coefficient (Wildman–Crippen LogP) is 2.90. The Bertz CT molecular complexity index is 400. The van der Waals surface area contributed by atoms with E-state index in [9.17, 15) is 0 Å². The second-order valence-corrected chi connectivity index (χ2v) is 7.08. The van der Waals surface area contributed by atoms with E-state index in [1.54, 1.807) is 11.8 Å². The fourth-order valence-corrected chi connectivity index (χ4v) is 4.40. The summed E-state index contributed by atoms with van der Waals surface area (Å²) in [6.07, 6.45) is 5.37. The smallest absolute Gasteiger partial charge is 0.260 e. The molecule has 19 heavy (non-hydrogen) atoms. The number of ether oxygens (including phenoxy) is 1. The van der Waals surface area contributed by atoms with Gasteiger partial charge in [-0.05, 0) is 43.9 Å². The molecule has 2 aliphatic heterocycles. The van der Waals surface area contributed by atoms with Crippen LogP contribution >= 0.6 is 23.5 Å². The summed E-state index contributed by atoms with van der Waals surface area (Å²) in [4.78, 5) is 2.54. The summed E-state index contributed by atoms with van der Waals surface area (Å²) in [6.45, 7) is 5.75. The van der Waals surface area contributed by atoms with Crippen molar-refractivity contribution in [1.29, 1.82) is 0 Å². The van der Waals surface area contributed by atoms with Crippen molar-refractivity contribution in [1.82, 2.24) is 13.6 Å². The molecule has 3 heterocycles. The van der Waals surface area contributed by atoms with Gasteiger partial charge >= 0.3 is 0 Å². The van der Waals surface area contributed by atoms with Crippen molar-refractivity contribution in [2.75, 3.05) is 25.4 Å². The highest BCUT2D eigenvalue weighted by Crippen LogP contribution is 2.32. The highest BCUT2D eigenvalue weighted by Gasteiger charge is 2.32. The largest absolute Gasteiger partial charge is 0.470 e. The summed E-state index contributed by atoms with van der Waals surface area (Å²) in [6, 6.07) is 0. The predicted molar refractivity (Wildman–Crippen MR) is 79.1 cm³/mol. The molecule has 2 saturated heterocycles. The lowest BCUT2D eigenvalue weighted by Crippen LogP contribution is -2.48. The Kier molecular flexibility index (Phi) is 4.61. The van der Waals surface area contributed by atoms with Crippen molar-refractivity contribution in [2.24, 2.45) is 5.92 Å². The van der Waals surface area contributed by atoms with E-state index in [0.29, 0.717) is 6.10 Å². The van der Waals surface area contributed by atoms with E-state index < -0.39 is 0 Å². The van der Waals surface area contributed by atoms with Gasteiger partial charge in [0, 0.05) is 13.1 Å². The van der Waals surface area contributed by atoms with E-state index >= 15 is 0 Å². The number of hydrogen-bond acceptors (Lipinski definition) is 6. The third kappa shape index (κ3) is 3.41. The maximum absolute atomic E-state index is 6.13. The maximum atomic E-state index is 6.13. The number of fused-ring (bicyclic) bond motifs is 2. The van der Waals surface area contributed by atoms with Crippen LogP contribution in [0.4, 0.5) is 0 Å². The van der Waals surface area contributed by atoms with Crippen molar-refractivity contribution in [3.05, 3.63) is 0 Å².